The molecule has 0 aromatic rings. The molecule has 0 aliphatic rings. The third-order valence-electron chi connectivity index (χ3n) is 1.14. The average molecular weight is 163 g/mol. The fourth-order valence-corrected chi connectivity index (χ4v) is 0.552. The first-order chi connectivity index (χ1) is 5.07. The molecule has 0 saturated carbocycles. The molecule has 0 aliphatic carbocycles. The summed E-state index contributed by atoms with van der Waals surface area (Å²) in [5.74, 6) is 0. The van der Waals surface area contributed by atoms with Crippen LogP contribution in [0.5, 0.6) is 0 Å². The van der Waals surface area contributed by atoms with Gasteiger partial charge in [0.25, 0.3) is 0 Å². The highest BCUT2D eigenvalue weighted by atomic mass is 16.7. The highest BCUT2D eigenvalue weighted by Crippen LogP contribution is 1.86. The van der Waals surface area contributed by atoms with Crippen LogP contribution < -0.4 is 0 Å². The van der Waals surface area contributed by atoms with Gasteiger partial charge in [-0.05, 0) is 6.92 Å². The second-order valence-electron chi connectivity index (χ2n) is 1.84. The van der Waals surface area contributed by atoms with Crippen LogP contribution in [0.15, 0.2) is 0 Å². The van der Waals surface area contributed by atoms with Crippen LogP contribution in [0.2, 0.25) is 0 Å². The van der Waals surface area contributed by atoms with Crippen molar-refractivity contribution in [1.29, 1.82) is 0 Å². The van der Waals surface area contributed by atoms with Crippen molar-refractivity contribution in [1.82, 2.24) is 5.01 Å². The Morgan fingerprint density at radius 3 is 2.18 bits per heavy atom. The molecule has 0 saturated heterocycles. The monoisotopic (exact) mass is 163 g/mol. The van der Waals surface area contributed by atoms with Crippen molar-refractivity contribution in [2.24, 2.45) is 0 Å². The Bertz CT molecular complexity index is 159. The van der Waals surface area contributed by atoms with Gasteiger partial charge in [-0.3, -0.25) is 10.1 Å². The first kappa shape index (κ1) is 9.60. The lowest BCUT2D eigenvalue weighted by Gasteiger charge is -2.07. The Kier molecular flexibility index (Phi) is 3.86. The van der Waals surface area contributed by atoms with Crippen molar-refractivity contribution in [3.05, 3.63) is 20.2 Å². The summed E-state index contributed by atoms with van der Waals surface area (Å²) in [5.41, 5.74) is 0. The third-order valence-corrected chi connectivity index (χ3v) is 1.14. The second kappa shape index (κ2) is 4.42. The van der Waals surface area contributed by atoms with Crippen molar-refractivity contribution in [2.45, 2.75) is 6.92 Å². The van der Waals surface area contributed by atoms with Gasteiger partial charge in [0, 0.05) is 4.92 Å². The van der Waals surface area contributed by atoms with Crippen LogP contribution in [0.1, 0.15) is 6.92 Å². The summed E-state index contributed by atoms with van der Waals surface area (Å²) in [6.07, 6.45) is 0. The normalized spacial score (nSPS) is 9.18. The van der Waals surface area contributed by atoms with Gasteiger partial charge in [0.1, 0.15) is 6.54 Å². The van der Waals surface area contributed by atoms with E-state index in [0.29, 0.717) is 0 Å². The standard InChI is InChI=1S/C4H9N3O4/c1-2-5(7(10)11)3-4-6(8)9/h2-4H2,1H3. The van der Waals surface area contributed by atoms with E-state index in [1.807, 2.05) is 0 Å². The molecule has 0 spiro atoms. The van der Waals surface area contributed by atoms with E-state index in [1.54, 1.807) is 6.92 Å². The van der Waals surface area contributed by atoms with Gasteiger partial charge in [-0.25, -0.2) is 10.1 Å². The quantitative estimate of drug-likeness (QED) is 0.412. The summed E-state index contributed by atoms with van der Waals surface area (Å²) in [7, 11) is 0. The molecule has 0 N–H and O–H groups in total. The minimum Gasteiger partial charge on any atom is -0.264 e. The van der Waals surface area contributed by atoms with Crippen molar-refractivity contribution < 1.29 is 9.96 Å². The van der Waals surface area contributed by atoms with Crippen LogP contribution in [0.25, 0.3) is 0 Å². The summed E-state index contributed by atoms with van der Waals surface area (Å²) in [4.78, 5) is 19.3. The maximum Gasteiger partial charge on any atom is 0.226 e. The summed E-state index contributed by atoms with van der Waals surface area (Å²) in [6.45, 7) is 1.22. The number of rotatable bonds is 5. The topological polar surface area (TPSA) is 89.5 Å². The average Bonchev–Trinajstić information content (AvgIpc) is 1.87. The van der Waals surface area contributed by atoms with Gasteiger partial charge in [-0.2, -0.15) is 0 Å². The van der Waals surface area contributed by atoms with Gasteiger partial charge in [0.05, 0.1) is 6.54 Å². The summed E-state index contributed by atoms with van der Waals surface area (Å²) >= 11 is 0. The zero-order chi connectivity index (χ0) is 8.85. The largest absolute Gasteiger partial charge is 0.264 e. The van der Waals surface area contributed by atoms with E-state index < -0.39 is 16.5 Å². The minimum atomic E-state index is -0.635. The molecule has 0 aliphatic heterocycles. The number of likely N-dealkylation sites (N-methyl/N-ethyl adjacent to an activating group) is 1. The molecule has 0 atom stereocenters. The zero-order valence-corrected chi connectivity index (χ0v) is 6.10. The molecular weight excluding hydrogens is 154 g/mol. The van der Waals surface area contributed by atoms with Gasteiger partial charge in [-0.1, -0.05) is 0 Å². The Labute approximate surface area is 62.9 Å². The number of hydrogen-bond donors (Lipinski definition) is 0. The molecule has 0 aromatic heterocycles. The van der Waals surface area contributed by atoms with Crippen LogP contribution in [-0.4, -0.2) is 34.6 Å². The van der Waals surface area contributed by atoms with E-state index in [4.69, 9.17) is 0 Å². The van der Waals surface area contributed by atoms with Crippen molar-refractivity contribution in [3.8, 4) is 0 Å². The number of nitro groups is 2. The first-order valence-electron chi connectivity index (χ1n) is 3.09. The molecule has 0 rings (SSSR count). The fourth-order valence-electron chi connectivity index (χ4n) is 0.552. The molecule has 7 heteroatoms. The van der Waals surface area contributed by atoms with E-state index in [0.717, 1.165) is 5.01 Å². The van der Waals surface area contributed by atoms with Gasteiger partial charge in [-0.15, -0.1) is 5.01 Å². The molecule has 64 valence electrons. The lowest BCUT2D eigenvalue weighted by Crippen LogP contribution is -2.33. The van der Waals surface area contributed by atoms with Crippen LogP contribution in [0.4, 0.5) is 0 Å². The van der Waals surface area contributed by atoms with E-state index >= 15 is 0 Å². The predicted molar refractivity (Wildman–Crippen MR) is 36.1 cm³/mol. The zero-order valence-electron chi connectivity index (χ0n) is 6.10. The minimum absolute atomic E-state index is 0.142. The Morgan fingerprint density at radius 1 is 1.36 bits per heavy atom. The molecule has 7 nitrogen and oxygen atoms in total. The van der Waals surface area contributed by atoms with E-state index in [9.17, 15) is 20.2 Å². The highest BCUT2D eigenvalue weighted by molar-refractivity contribution is 4.38. The van der Waals surface area contributed by atoms with E-state index in [1.165, 1.54) is 0 Å². The Balaban J connectivity index is 3.70. The van der Waals surface area contributed by atoms with Crippen LogP contribution in [-0.2, 0) is 0 Å². The van der Waals surface area contributed by atoms with E-state index in [-0.39, 0.29) is 13.1 Å². The molecule has 0 unspecified atom stereocenters. The first-order valence-corrected chi connectivity index (χ1v) is 3.09. The van der Waals surface area contributed by atoms with Crippen LogP contribution in [0.3, 0.4) is 0 Å². The smallest absolute Gasteiger partial charge is 0.226 e. The van der Waals surface area contributed by atoms with Crippen molar-refractivity contribution >= 4 is 0 Å². The number of nitrogens with zero attached hydrogens (tertiary/aromatic N) is 3. The predicted octanol–water partition coefficient (Wildman–Crippen LogP) is -0.223. The molecular formula is C4H9N3O4. The molecule has 0 radical (unpaired) electrons. The highest BCUT2D eigenvalue weighted by Gasteiger charge is 2.13. The van der Waals surface area contributed by atoms with E-state index in [2.05, 4.69) is 0 Å². The molecule has 0 aromatic carbocycles. The van der Waals surface area contributed by atoms with Crippen LogP contribution in [0, 0.1) is 20.2 Å². The van der Waals surface area contributed by atoms with Gasteiger partial charge < -0.3 is 0 Å². The lowest BCUT2D eigenvalue weighted by atomic mass is 10.6. The summed E-state index contributed by atoms with van der Waals surface area (Å²) in [6, 6.07) is 0. The van der Waals surface area contributed by atoms with Crippen LogP contribution >= 0.6 is 0 Å². The number of hydrogen-bond acceptors (Lipinski definition) is 4. The maximum atomic E-state index is 10.1. The lowest BCUT2D eigenvalue weighted by molar-refractivity contribution is -0.661. The molecule has 11 heavy (non-hydrogen) atoms. The SMILES string of the molecule is CCN(CC[N+](=O)[O-])[N+](=O)[O-]. The molecule has 0 heterocycles. The molecule has 0 bridgehead atoms. The summed E-state index contributed by atoms with van der Waals surface area (Å²) in [5, 5.41) is 20.0. The Hall–Kier alpha value is -1.40. The molecule has 0 amide bonds. The van der Waals surface area contributed by atoms with Crippen molar-refractivity contribution in [3.63, 3.8) is 0 Å². The fraction of sp³-hybridized carbons (Fsp3) is 1.00. The Morgan fingerprint density at radius 2 is 1.91 bits per heavy atom. The summed E-state index contributed by atoms with van der Waals surface area (Å²) < 4.78 is 0. The molecule has 0 fully saturated rings. The van der Waals surface area contributed by atoms with Gasteiger partial charge in [0.2, 0.25) is 6.54 Å². The van der Waals surface area contributed by atoms with Gasteiger partial charge >= 0.3 is 0 Å². The second-order valence-corrected chi connectivity index (χ2v) is 1.84. The maximum absolute atomic E-state index is 10.1. The number of hydrazine groups is 1. The van der Waals surface area contributed by atoms with Gasteiger partial charge in [0.15, 0.2) is 5.03 Å². The third kappa shape index (κ3) is 4.06. The van der Waals surface area contributed by atoms with Crippen molar-refractivity contribution in [2.75, 3.05) is 19.6 Å².